The molecule has 0 unspecified atom stereocenters. The van der Waals surface area contributed by atoms with E-state index >= 15 is 0 Å². The van der Waals surface area contributed by atoms with Crippen molar-refractivity contribution < 1.29 is 0 Å². The van der Waals surface area contributed by atoms with E-state index in [0.29, 0.717) is 5.15 Å². The number of halogens is 1. The van der Waals surface area contributed by atoms with Crippen LogP contribution >= 0.6 is 11.6 Å². The van der Waals surface area contributed by atoms with E-state index in [1.54, 1.807) is 12.4 Å². The van der Waals surface area contributed by atoms with Crippen molar-refractivity contribution in [2.75, 3.05) is 13.1 Å². The molecule has 0 N–H and O–H groups in total. The van der Waals surface area contributed by atoms with E-state index in [2.05, 4.69) is 42.6 Å². The van der Waals surface area contributed by atoms with Crippen LogP contribution in [0.5, 0.6) is 0 Å². The van der Waals surface area contributed by atoms with Gasteiger partial charge in [-0.25, -0.2) is 4.98 Å². The van der Waals surface area contributed by atoms with E-state index in [-0.39, 0.29) is 11.0 Å². The highest BCUT2D eigenvalue weighted by molar-refractivity contribution is 6.30. The maximum absolute atomic E-state index is 6.19. The SMILES string of the molecule is CC1(c2nccnc2Cl)CCN(C(C)(C)C)CC1. The molecule has 1 saturated heterocycles. The quantitative estimate of drug-likeness (QED) is 0.782. The molecular weight excluding hydrogens is 246 g/mol. The number of rotatable bonds is 1. The normalized spacial score (nSPS) is 20.9. The summed E-state index contributed by atoms with van der Waals surface area (Å²) in [6.07, 6.45) is 5.56. The first-order valence-corrected chi connectivity index (χ1v) is 6.93. The summed E-state index contributed by atoms with van der Waals surface area (Å²) in [5, 5.41) is 0.559. The van der Waals surface area contributed by atoms with Gasteiger partial charge in [-0.1, -0.05) is 18.5 Å². The molecule has 18 heavy (non-hydrogen) atoms. The average molecular weight is 268 g/mol. The number of hydrogen-bond acceptors (Lipinski definition) is 3. The molecule has 0 aliphatic carbocycles. The zero-order valence-electron chi connectivity index (χ0n) is 11.7. The molecule has 1 aromatic rings. The van der Waals surface area contributed by atoms with Crippen LogP contribution in [0, 0.1) is 0 Å². The monoisotopic (exact) mass is 267 g/mol. The lowest BCUT2D eigenvalue weighted by Gasteiger charge is -2.45. The van der Waals surface area contributed by atoms with Gasteiger partial charge in [0.15, 0.2) is 5.15 Å². The predicted molar refractivity (Wildman–Crippen MR) is 75.0 cm³/mol. The van der Waals surface area contributed by atoms with E-state index < -0.39 is 0 Å². The zero-order chi connectivity index (χ0) is 13.4. The number of nitrogens with zero attached hydrogens (tertiary/aromatic N) is 3. The van der Waals surface area contributed by atoms with Crippen molar-refractivity contribution >= 4 is 11.6 Å². The van der Waals surface area contributed by atoms with Crippen molar-refractivity contribution in [2.24, 2.45) is 0 Å². The molecule has 2 rings (SSSR count). The molecule has 1 aliphatic heterocycles. The molecular formula is C14H22ClN3. The predicted octanol–water partition coefficient (Wildman–Crippen LogP) is 3.28. The van der Waals surface area contributed by atoms with Gasteiger partial charge in [0, 0.05) is 23.3 Å². The third-order valence-electron chi connectivity index (χ3n) is 4.04. The first-order chi connectivity index (χ1) is 8.33. The van der Waals surface area contributed by atoms with Gasteiger partial charge in [-0.05, 0) is 46.7 Å². The first-order valence-electron chi connectivity index (χ1n) is 6.55. The summed E-state index contributed by atoms with van der Waals surface area (Å²) < 4.78 is 0. The molecule has 100 valence electrons. The van der Waals surface area contributed by atoms with Crippen LogP contribution in [-0.2, 0) is 5.41 Å². The third-order valence-corrected chi connectivity index (χ3v) is 4.32. The van der Waals surface area contributed by atoms with Gasteiger partial charge in [0.1, 0.15) is 0 Å². The summed E-state index contributed by atoms with van der Waals surface area (Å²) in [7, 11) is 0. The molecule has 0 aromatic carbocycles. The van der Waals surface area contributed by atoms with Crippen LogP contribution in [0.3, 0.4) is 0 Å². The Labute approximate surface area is 115 Å². The van der Waals surface area contributed by atoms with Crippen LogP contribution in [0.15, 0.2) is 12.4 Å². The molecule has 0 spiro atoms. The number of likely N-dealkylation sites (tertiary alicyclic amines) is 1. The molecule has 0 saturated carbocycles. The standard InChI is InChI=1S/C14H22ClN3/c1-13(2,3)18-9-5-14(4,6-10-18)11-12(15)17-8-7-16-11/h7-8H,5-6,9-10H2,1-4H3. The minimum Gasteiger partial charge on any atom is -0.298 e. The minimum absolute atomic E-state index is 0.0626. The summed E-state index contributed by atoms with van der Waals surface area (Å²) in [4.78, 5) is 11.1. The van der Waals surface area contributed by atoms with Gasteiger partial charge in [0.2, 0.25) is 0 Å². The molecule has 0 bridgehead atoms. The highest BCUT2D eigenvalue weighted by atomic mass is 35.5. The summed E-state index contributed by atoms with van der Waals surface area (Å²) in [6.45, 7) is 11.2. The van der Waals surface area contributed by atoms with Crippen molar-refractivity contribution in [2.45, 2.75) is 51.5 Å². The Bertz CT molecular complexity index is 417. The topological polar surface area (TPSA) is 29.0 Å². The number of hydrogen-bond donors (Lipinski definition) is 0. The Hall–Kier alpha value is -0.670. The van der Waals surface area contributed by atoms with Gasteiger partial charge in [-0.3, -0.25) is 9.88 Å². The van der Waals surface area contributed by atoms with E-state index in [0.717, 1.165) is 31.6 Å². The zero-order valence-corrected chi connectivity index (χ0v) is 12.5. The molecule has 1 aliphatic rings. The lowest BCUT2D eigenvalue weighted by atomic mass is 9.77. The van der Waals surface area contributed by atoms with Crippen LogP contribution in [0.4, 0.5) is 0 Å². The van der Waals surface area contributed by atoms with Crippen LogP contribution in [0.1, 0.15) is 46.2 Å². The fourth-order valence-corrected chi connectivity index (χ4v) is 2.97. The van der Waals surface area contributed by atoms with Crippen LogP contribution in [-0.4, -0.2) is 33.5 Å². The van der Waals surface area contributed by atoms with E-state index in [9.17, 15) is 0 Å². The van der Waals surface area contributed by atoms with Crippen LogP contribution in [0.25, 0.3) is 0 Å². The smallest absolute Gasteiger partial charge is 0.151 e. The third kappa shape index (κ3) is 2.67. The first kappa shape index (κ1) is 13.8. The fourth-order valence-electron chi connectivity index (χ4n) is 2.63. The van der Waals surface area contributed by atoms with Gasteiger partial charge in [0.25, 0.3) is 0 Å². The maximum Gasteiger partial charge on any atom is 0.151 e. The summed E-state index contributed by atoms with van der Waals surface area (Å²) in [5.74, 6) is 0. The van der Waals surface area contributed by atoms with Gasteiger partial charge in [-0.15, -0.1) is 0 Å². The average Bonchev–Trinajstić information content (AvgIpc) is 2.28. The Morgan fingerprint density at radius 2 is 1.72 bits per heavy atom. The largest absolute Gasteiger partial charge is 0.298 e. The fraction of sp³-hybridized carbons (Fsp3) is 0.714. The molecule has 0 amide bonds. The van der Waals surface area contributed by atoms with E-state index in [4.69, 9.17) is 11.6 Å². The van der Waals surface area contributed by atoms with Crippen molar-refractivity contribution in [1.82, 2.24) is 14.9 Å². The summed E-state index contributed by atoms with van der Waals surface area (Å²) in [5.41, 5.74) is 1.26. The molecule has 3 nitrogen and oxygen atoms in total. The highest BCUT2D eigenvalue weighted by Gasteiger charge is 2.37. The molecule has 1 aromatic heterocycles. The lowest BCUT2D eigenvalue weighted by molar-refractivity contribution is 0.0781. The van der Waals surface area contributed by atoms with Crippen molar-refractivity contribution in [3.05, 3.63) is 23.2 Å². The Morgan fingerprint density at radius 3 is 2.22 bits per heavy atom. The van der Waals surface area contributed by atoms with Crippen molar-refractivity contribution in [3.8, 4) is 0 Å². The number of piperidine rings is 1. The second-order valence-electron chi connectivity index (χ2n) is 6.41. The Kier molecular flexibility index (Phi) is 3.65. The maximum atomic E-state index is 6.19. The highest BCUT2D eigenvalue weighted by Crippen LogP contribution is 2.38. The van der Waals surface area contributed by atoms with Gasteiger partial charge in [0.05, 0.1) is 5.69 Å². The van der Waals surface area contributed by atoms with Gasteiger partial charge >= 0.3 is 0 Å². The molecule has 0 radical (unpaired) electrons. The van der Waals surface area contributed by atoms with Gasteiger partial charge < -0.3 is 0 Å². The second-order valence-corrected chi connectivity index (χ2v) is 6.77. The van der Waals surface area contributed by atoms with Crippen LogP contribution in [0.2, 0.25) is 5.15 Å². The number of aromatic nitrogens is 2. The van der Waals surface area contributed by atoms with Crippen molar-refractivity contribution in [3.63, 3.8) is 0 Å². The second kappa shape index (κ2) is 4.78. The molecule has 1 fully saturated rings. The minimum atomic E-state index is 0.0626. The van der Waals surface area contributed by atoms with Crippen molar-refractivity contribution in [1.29, 1.82) is 0 Å². The molecule has 2 heterocycles. The van der Waals surface area contributed by atoms with E-state index in [1.807, 2.05) is 0 Å². The molecule has 4 heteroatoms. The summed E-state index contributed by atoms with van der Waals surface area (Å²) >= 11 is 6.19. The van der Waals surface area contributed by atoms with E-state index in [1.165, 1.54) is 0 Å². The van der Waals surface area contributed by atoms with Crippen LogP contribution < -0.4 is 0 Å². The Balaban J connectivity index is 2.15. The summed E-state index contributed by atoms with van der Waals surface area (Å²) in [6, 6.07) is 0. The Morgan fingerprint density at radius 1 is 1.17 bits per heavy atom. The lowest BCUT2D eigenvalue weighted by Crippen LogP contribution is -2.49. The van der Waals surface area contributed by atoms with Gasteiger partial charge in [-0.2, -0.15) is 0 Å². The molecule has 0 atom stereocenters.